The van der Waals surface area contributed by atoms with Gasteiger partial charge in [0, 0.05) is 24.0 Å². The normalized spacial score (nSPS) is 13.7. The van der Waals surface area contributed by atoms with Crippen LogP contribution in [0.15, 0.2) is 71.7 Å². The molecule has 2 unspecified atom stereocenters. The van der Waals surface area contributed by atoms with Crippen molar-refractivity contribution in [3.05, 3.63) is 94.5 Å². The van der Waals surface area contributed by atoms with E-state index in [0.717, 1.165) is 25.0 Å². The SMILES string of the molecule is CCCC(CC)(Pc1ccc(C)cc1/C=N/C)c1cc(C)ccc1OCc1ccccc1. The molecule has 2 nitrogen and oxygen atoms in total. The molecule has 0 heterocycles. The fraction of sp³-hybridized carbons (Fsp3) is 0.345. The first-order valence-corrected chi connectivity index (χ1v) is 12.6. The lowest BCUT2D eigenvalue weighted by Crippen LogP contribution is -2.25. The van der Waals surface area contributed by atoms with Gasteiger partial charge in [0.25, 0.3) is 0 Å². The number of aliphatic imine (C=N–C) groups is 1. The van der Waals surface area contributed by atoms with Crippen molar-refractivity contribution in [2.75, 3.05) is 7.05 Å². The molecule has 0 N–H and O–H groups in total. The molecule has 0 aliphatic rings. The third-order valence-corrected chi connectivity index (χ3v) is 8.09. The second-order valence-corrected chi connectivity index (χ2v) is 10.3. The predicted octanol–water partition coefficient (Wildman–Crippen LogP) is 7.34. The molecule has 3 aromatic carbocycles. The van der Waals surface area contributed by atoms with Gasteiger partial charge in [-0.05, 0) is 55.3 Å². The van der Waals surface area contributed by atoms with Gasteiger partial charge < -0.3 is 4.74 Å². The zero-order valence-electron chi connectivity index (χ0n) is 20.1. The van der Waals surface area contributed by atoms with Crippen molar-refractivity contribution < 1.29 is 4.74 Å². The Morgan fingerprint density at radius 3 is 2.34 bits per heavy atom. The van der Waals surface area contributed by atoms with Crippen molar-refractivity contribution in [1.82, 2.24) is 0 Å². The van der Waals surface area contributed by atoms with Gasteiger partial charge in [0.1, 0.15) is 12.4 Å². The molecule has 168 valence electrons. The summed E-state index contributed by atoms with van der Waals surface area (Å²) in [4.78, 5) is 4.33. The second kappa shape index (κ2) is 11.4. The molecule has 3 aromatic rings. The van der Waals surface area contributed by atoms with Crippen LogP contribution in [0.2, 0.25) is 0 Å². The lowest BCUT2D eigenvalue weighted by Gasteiger charge is -2.36. The van der Waals surface area contributed by atoms with E-state index in [4.69, 9.17) is 4.74 Å². The van der Waals surface area contributed by atoms with Gasteiger partial charge in [-0.15, -0.1) is 0 Å². The highest BCUT2D eigenvalue weighted by molar-refractivity contribution is 7.48. The van der Waals surface area contributed by atoms with E-state index in [0.29, 0.717) is 15.2 Å². The molecule has 0 bridgehead atoms. The minimum atomic E-state index is 0.0401. The fourth-order valence-electron chi connectivity index (χ4n) is 4.33. The lowest BCUT2D eigenvalue weighted by molar-refractivity contribution is 0.298. The molecular formula is C29H36NOP. The fourth-order valence-corrected chi connectivity index (χ4v) is 6.17. The molecular weight excluding hydrogens is 409 g/mol. The second-order valence-electron chi connectivity index (χ2n) is 8.56. The molecule has 3 heteroatoms. The quantitative estimate of drug-likeness (QED) is 0.236. The summed E-state index contributed by atoms with van der Waals surface area (Å²) in [5.41, 5.74) is 6.33. The molecule has 2 atom stereocenters. The minimum absolute atomic E-state index is 0.0401. The summed E-state index contributed by atoms with van der Waals surface area (Å²) in [6, 6.07) is 23.9. The monoisotopic (exact) mass is 445 g/mol. The van der Waals surface area contributed by atoms with Gasteiger partial charge in [0.2, 0.25) is 0 Å². The van der Waals surface area contributed by atoms with Gasteiger partial charge >= 0.3 is 0 Å². The zero-order valence-corrected chi connectivity index (χ0v) is 21.1. The van der Waals surface area contributed by atoms with Crippen LogP contribution in [0.3, 0.4) is 0 Å². The van der Waals surface area contributed by atoms with Crippen molar-refractivity contribution in [2.45, 2.75) is 58.7 Å². The lowest BCUT2D eigenvalue weighted by atomic mass is 9.89. The molecule has 32 heavy (non-hydrogen) atoms. The van der Waals surface area contributed by atoms with Gasteiger partial charge in [-0.25, -0.2) is 0 Å². The van der Waals surface area contributed by atoms with E-state index >= 15 is 0 Å². The summed E-state index contributed by atoms with van der Waals surface area (Å²) in [6.07, 6.45) is 5.34. The summed E-state index contributed by atoms with van der Waals surface area (Å²) in [6.45, 7) is 9.53. The molecule has 0 aliphatic carbocycles. The van der Waals surface area contributed by atoms with E-state index in [1.54, 1.807) is 0 Å². The Morgan fingerprint density at radius 2 is 1.66 bits per heavy atom. The molecule has 0 aliphatic heterocycles. The number of aryl methyl sites for hydroxylation is 2. The largest absolute Gasteiger partial charge is 0.489 e. The Labute approximate surface area is 195 Å². The van der Waals surface area contributed by atoms with E-state index in [1.165, 1.54) is 33.1 Å². The van der Waals surface area contributed by atoms with Crippen molar-refractivity contribution >= 4 is 20.1 Å². The Kier molecular flexibility index (Phi) is 8.65. The Hall–Kier alpha value is -2.44. The number of hydrogen-bond acceptors (Lipinski definition) is 2. The standard InChI is InChI=1S/C29H36NOP/c1-6-17-29(7-2,32-28-16-14-22(3)18-25(28)20-30-5)26-19-23(4)13-15-27(26)31-21-24-11-9-8-10-12-24/h8-16,18-20,32H,6-7,17,21H2,1-5H3/b30-20+. The van der Waals surface area contributed by atoms with Crippen LogP contribution >= 0.6 is 8.58 Å². The maximum atomic E-state index is 6.45. The van der Waals surface area contributed by atoms with Gasteiger partial charge in [0.05, 0.1) is 0 Å². The van der Waals surface area contributed by atoms with Crippen molar-refractivity contribution in [2.24, 2.45) is 4.99 Å². The van der Waals surface area contributed by atoms with E-state index in [1.807, 2.05) is 19.3 Å². The first kappa shape index (κ1) is 24.2. The topological polar surface area (TPSA) is 21.6 Å². The Bertz CT molecular complexity index is 1040. The van der Waals surface area contributed by atoms with Crippen LogP contribution in [0.1, 0.15) is 60.9 Å². The van der Waals surface area contributed by atoms with E-state index < -0.39 is 0 Å². The zero-order chi connectivity index (χ0) is 23.0. The highest BCUT2D eigenvalue weighted by atomic mass is 31.1. The number of benzene rings is 3. The Morgan fingerprint density at radius 1 is 0.938 bits per heavy atom. The number of nitrogens with zero attached hydrogens (tertiary/aromatic N) is 1. The number of rotatable bonds is 10. The summed E-state index contributed by atoms with van der Waals surface area (Å²) >= 11 is 0. The van der Waals surface area contributed by atoms with Crippen LogP contribution in [0, 0.1) is 13.8 Å². The minimum Gasteiger partial charge on any atom is -0.489 e. The summed E-state index contributed by atoms with van der Waals surface area (Å²) in [7, 11) is 2.50. The molecule has 0 aromatic heterocycles. The average molecular weight is 446 g/mol. The Balaban J connectivity index is 2.04. The number of hydrogen-bond donors (Lipinski definition) is 0. The highest BCUT2D eigenvalue weighted by Crippen LogP contribution is 2.51. The summed E-state index contributed by atoms with van der Waals surface area (Å²) in [5.74, 6) is 1.01. The maximum Gasteiger partial charge on any atom is 0.123 e. The third-order valence-electron chi connectivity index (χ3n) is 6.02. The average Bonchev–Trinajstić information content (AvgIpc) is 2.80. The summed E-state index contributed by atoms with van der Waals surface area (Å²) in [5, 5.41) is 1.42. The van der Waals surface area contributed by atoms with Gasteiger partial charge in [-0.1, -0.05) is 94.6 Å². The predicted molar refractivity (Wildman–Crippen MR) is 141 cm³/mol. The highest BCUT2D eigenvalue weighted by Gasteiger charge is 2.33. The van der Waals surface area contributed by atoms with Crippen molar-refractivity contribution in [3.63, 3.8) is 0 Å². The van der Waals surface area contributed by atoms with E-state index in [2.05, 4.69) is 93.4 Å². The molecule has 0 spiro atoms. The van der Waals surface area contributed by atoms with Gasteiger partial charge in [-0.2, -0.15) is 0 Å². The third kappa shape index (κ3) is 5.87. The molecule has 0 saturated carbocycles. The van der Waals surface area contributed by atoms with E-state index in [-0.39, 0.29) is 5.16 Å². The first-order valence-electron chi connectivity index (χ1n) is 11.6. The number of ether oxygens (including phenoxy) is 1. The van der Waals surface area contributed by atoms with Crippen LogP contribution in [0.5, 0.6) is 5.75 Å². The van der Waals surface area contributed by atoms with Gasteiger partial charge in [-0.3, -0.25) is 4.99 Å². The van der Waals surface area contributed by atoms with Gasteiger partial charge in [0.15, 0.2) is 0 Å². The molecule has 3 rings (SSSR count). The van der Waals surface area contributed by atoms with Crippen LogP contribution < -0.4 is 10.0 Å². The van der Waals surface area contributed by atoms with Crippen LogP contribution in [0.4, 0.5) is 0 Å². The van der Waals surface area contributed by atoms with Crippen molar-refractivity contribution in [1.29, 1.82) is 0 Å². The van der Waals surface area contributed by atoms with Crippen LogP contribution in [0.25, 0.3) is 0 Å². The van der Waals surface area contributed by atoms with Crippen LogP contribution in [-0.4, -0.2) is 13.3 Å². The summed E-state index contributed by atoms with van der Waals surface area (Å²) < 4.78 is 6.45. The van der Waals surface area contributed by atoms with Crippen LogP contribution in [-0.2, 0) is 11.8 Å². The van der Waals surface area contributed by atoms with Crippen molar-refractivity contribution in [3.8, 4) is 5.75 Å². The molecule has 0 amide bonds. The maximum absolute atomic E-state index is 6.45. The first-order chi connectivity index (χ1) is 15.5. The molecule has 0 fully saturated rings. The molecule has 0 saturated heterocycles. The molecule has 0 radical (unpaired) electrons. The smallest absolute Gasteiger partial charge is 0.123 e. The van der Waals surface area contributed by atoms with E-state index in [9.17, 15) is 0 Å².